The number of nitrogens with zero attached hydrogens (tertiary/aromatic N) is 3. The number of methoxy groups -OCH3 is 2. The van der Waals surface area contributed by atoms with Crippen molar-refractivity contribution in [2.45, 2.75) is 11.1 Å². The number of aromatic nitrogens is 3. The maximum absolute atomic E-state index is 13.8. The van der Waals surface area contributed by atoms with Gasteiger partial charge in [-0.3, -0.25) is 5.32 Å². The minimum Gasteiger partial charge on any atom is -0.467 e. The SMILES string of the molecule is COc1nc(NC(=O)NS(=O)(=O)c2ccsc2/C(F)=C(\F)C(F)(F)F)nc(OC)n1. The van der Waals surface area contributed by atoms with Gasteiger partial charge in [0.15, 0.2) is 5.83 Å². The van der Waals surface area contributed by atoms with E-state index in [1.54, 1.807) is 0 Å². The van der Waals surface area contributed by atoms with E-state index >= 15 is 0 Å². The first-order valence-corrected chi connectivity index (χ1v) is 9.63. The molecule has 30 heavy (non-hydrogen) atoms. The summed E-state index contributed by atoms with van der Waals surface area (Å²) in [4.78, 5) is 20.5. The van der Waals surface area contributed by atoms with Crippen LogP contribution in [0.1, 0.15) is 4.88 Å². The first kappa shape index (κ1) is 23.2. The van der Waals surface area contributed by atoms with Gasteiger partial charge < -0.3 is 9.47 Å². The van der Waals surface area contributed by atoms with Gasteiger partial charge >= 0.3 is 24.2 Å². The van der Waals surface area contributed by atoms with Crippen LogP contribution in [0.5, 0.6) is 12.0 Å². The first-order chi connectivity index (χ1) is 13.9. The minimum absolute atomic E-state index is 0.180. The summed E-state index contributed by atoms with van der Waals surface area (Å²) in [6.45, 7) is 0. The van der Waals surface area contributed by atoms with Crippen molar-refractivity contribution in [1.29, 1.82) is 0 Å². The van der Waals surface area contributed by atoms with Crippen molar-refractivity contribution in [3.8, 4) is 12.0 Å². The molecule has 0 unspecified atom stereocenters. The molecule has 0 atom stereocenters. The van der Waals surface area contributed by atoms with Crippen LogP contribution in [0.3, 0.4) is 0 Å². The van der Waals surface area contributed by atoms with E-state index in [-0.39, 0.29) is 23.4 Å². The summed E-state index contributed by atoms with van der Waals surface area (Å²) in [6.07, 6.45) is -5.67. The van der Waals surface area contributed by atoms with Crippen LogP contribution in [0, 0.1) is 0 Å². The molecule has 164 valence electrons. The molecule has 0 radical (unpaired) electrons. The largest absolute Gasteiger partial charge is 0.467 e. The summed E-state index contributed by atoms with van der Waals surface area (Å²) in [5.41, 5.74) is 0. The third-order valence-electron chi connectivity index (χ3n) is 2.97. The summed E-state index contributed by atoms with van der Waals surface area (Å²) >= 11 is 0.180. The van der Waals surface area contributed by atoms with Crippen molar-refractivity contribution >= 4 is 39.2 Å². The summed E-state index contributed by atoms with van der Waals surface area (Å²) in [6, 6.07) is -1.37. The number of halogens is 5. The quantitative estimate of drug-likeness (QED) is 0.610. The molecule has 10 nitrogen and oxygen atoms in total. The molecule has 0 saturated carbocycles. The van der Waals surface area contributed by atoms with E-state index in [1.807, 2.05) is 5.32 Å². The number of hydrogen-bond acceptors (Lipinski definition) is 9. The predicted octanol–water partition coefficient (Wildman–Crippen LogP) is 2.63. The van der Waals surface area contributed by atoms with Crippen molar-refractivity contribution in [2.75, 3.05) is 19.5 Å². The predicted molar refractivity (Wildman–Crippen MR) is 91.8 cm³/mol. The molecule has 0 bridgehead atoms. The van der Waals surface area contributed by atoms with E-state index < -0.39 is 49.6 Å². The molecule has 2 aromatic rings. The van der Waals surface area contributed by atoms with Crippen LogP contribution in [0.25, 0.3) is 5.83 Å². The topological polar surface area (TPSA) is 132 Å². The van der Waals surface area contributed by atoms with Crippen LogP contribution in [0.15, 0.2) is 22.2 Å². The van der Waals surface area contributed by atoms with Gasteiger partial charge in [-0.15, -0.1) is 16.3 Å². The fourth-order valence-corrected chi connectivity index (χ4v) is 4.04. The van der Waals surface area contributed by atoms with Crippen LogP contribution in [-0.2, 0) is 10.0 Å². The molecule has 0 aliphatic heterocycles. The third kappa shape index (κ3) is 5.29. The van der Waals surface area contributed by atoms with Crippen molar-refractivity contribution in [1.82, 2.24) is 19.7 Å². The monoisotopic (exact) mass is 475 g/mol. The Kier molecular flexibility index (Phi) is 6.76. The van der Waals surface area contributed by atoms with E-state index in [9.17, 15) is 35.2 Å². The number of carbonyl (C=O) groups is 1. The smallest absolute Gasteiger partial charge is 0.445 e. The summed E-state index contributed by atoms with van der Waals surface area (Å²) < 4.78 is 99.5. The molecule has 2 aromatic heterocycles. The van der Waals surface area contributed by atoms with Crippen molar-refractivity contribution < 1.29 is 44.6 Å². The molecule has 0 spiro atoms. The van der Waals surface area contributed by atoms with Crippen LogP contribution >= 0.6 is 11.3 Å². The van der Waals surface area contributed by atoms with Crippen molar-refractivity contribution in [3.05, 3.63) is 22.2 Å². The number of ether oxygens (including phenoxy) is 2. The molecule has 0 fully saturated rings. The highest BCUT2D eigenvalue weighted by atomic mass is 32.2. The van der Waals surface area contributed by atoms with E-state index in [2.05, 4.69) is 15.0 Å². The van der Waals surface area contributed by atoms with Gasteiger partial charge in [0.1, 0.15) is 4.90 Å². The molecule has 0 aromatic carbocycles. The third-order valence-corrected chi connectivity index (χ3v) is 5.38. The Labute approximate surface area is 168 Å². The highest BCUT2D eigenvalue weighted by Crippen LogP contribution is 2.38. The maximum atomic E-state index is 13.8. The number of amides is 2. The Hall–Kier alpha value is -3.08. The molecule has 17 heteroatoms. The second-order valence-corrected chi connectivity index (χ2v) is 7.50. The van der Waals surface area contributed by atoms with Crippen LogP contribution in [-0.4, -0.2) is 49.8 Å². The van der Waals surface area contributed by atoms with Crippen molar-refractivity contribution in [2.24, 2.45) is 0 Å². The Bertz CT molecular complexity index is 1060. The van der Waals surface area contributed by atoms with Crippen LogP contribution in [0.2, 0.25) is 0 Å². The Morgan fingerprint density at radius 2 is 1.67 bits per heavy atom. The molecule has 2 N–H and O–H groups in total. The van der Waals surface area contributed by atoms with Gasteiger partial charge in [0.05, 0.1) is 19.1 Å². The fourth-order valence-electron chi connectivity index (χ4n) is 1.77. The molecule has 0 aliphatic rings. The van der Waals surface area contributed by atoms with Gasteiger partial charge in [0.25, 0.3) is 10.0 Å². The number of sulfonamides is 1. The maximum Gasteiger partial charge on any atom is 0.445 e. The standard InChI is InChI=1S/C13H10F5N5O5S2/c1-27-11-20-9(21-12(22-11)28-2)19-10(24)23-30(25,26)5-3-4-29-7(5)6(14)8(15)13(16,17)18/h3-4H,1-2H3,(H2,19,20,21,22,23,24)/b8-6+. The lowest BCUT2D eigenvalue weighted by molar-refractivity contribution is -0.108. The number of rotatable bonds is 6. The minimum atomic E-state index is -5.67. The lowest BCUT2D eigenvalue weighted by Crippen LogP contribution is -2.35. The van der Waals surface area contributed by atoms with E-state index in [0.717, 1.165) is 5.38 Å². The molecule has 2 amide bonds. The number of alkyl halides is 3. The summed E-state index contributed by atoms with van der Waals surface area (Å²) in [5, 5.41) is 2.79. The number of carbonyl (C=O) groups excluding carboxylic acids is 1. The zero-order valence-corrected chi connectivity index (χ0v) is 16.4. The Balaban J connectivity index is 2.29. The highest BCUT2D eigenvalue weighted by Gasteiger charge is 2.40. The molecule has 2 rings (SSSR count). The average molecular weight is 475 g/mol. The average Bonchev–Trinajstić information content (AvgIpc) is 3.16. The number of thiophene rings is 1. The number of hydrogen-bond donors (Lipinski definition) is 2. The number of urea groups is 1. The van der Waals surface area contributed by atoms with Gasteiger partial charge in [-0.1, -0.05) is 0 Å². The molecular weight excluding hydrogens is 465 g/mol. The zero-order valence-electron chi connectivity index (χ0n) is 14.7. The lowest BCUT2D eigenvalue weighted by atomic mass is 10.3. The van der Waals surface area contributed by atoms with E-state index in [0.29, 0.717) is 6.07 Å². The summed E-state index contributed by atoms with van der Waals surface area (Å²) in [7, 11) is -2.55. The zero-order chi connectivity index (χ0) is 22.7. The first-order valence-electron chi connectivity index (χ1n) is 7.27. The van der Waals surface area contributed by atoms with Crippen LogP contribution < -0.4 is 19.5 Å². The number of nitrogens with one attached hydrogen (secondary N) is 2. The second kappa shape index (κ2) is 8.74. The van der Waals surface area contributed by atoms with Gasteiger partial charge in [-0.2, -0.15) is 27.5 Å². The molecule has 0 saturated heterocycles. The normalized spacial score (nSPS) is 12.8. The Morgan fingerprint density at radius 1 is 1.10 bits per heavy atom. The van der Waals surface area contributed by atoms with Crippen LogP contribution in [0.4, 0.5) is 32.7 Å². The lowest BCUT2D eigenvalue weighted by Gasteiger charge is -2.10. The highest BCUT2D eigenvalue weighted by molar-refractivity contribution is 7.90. The molecular formula is C13H10F5N5O5S2. The second-order valence-electron chi connectivity index (χ2n) is 4.93. The van der Waals surface area contributed by atoms with Gasteiger partial charge in [0, 0.05) is 0 Å². The van der Waals surface area contributed by atoms with Crippen molar-refractivity contribution in [3.63, 3.8) is 0 Å². The van der Waals surface area contributed by atoms with Gasteiger partial charge in [-0.25, -0.2) is 22.3 Å². The number of anilines is 1. The molecule has 2 heterocycles. The molecule has 0 aliphatic carbocycles. The fraction of sp³-hybridized carbons (Fsp3) is 0.231. The van der Waals surface area contributed by atoms with Gasteiger partial charge in [-0.05, 0) is 11.4 Å². The number of allylic oxidation sites excluding steroid dienone is 1. The van der Waals surface area contributed by atoms with E-state index in [4.69, 9.17) is 9.47 Å². The summed E-state index contributed by atoms with van der Waals surface area (Å²) in [5.74, 6) is -6.06. The Morgan fingerprint density at radius 3 is 2.17 bits per heavy atom. The van der Waals surface area contributed by atoms with E-state index in [1.165, 1.54) is 18.9 Å². The van der Waals surface area contributed by atoms with Gasteiger partial charge in [0.2, 0.25) is 11.8 Å².